The third-order valence-corrected chi connectivity index (χ3v) is 9.30. The van der Waals surface area contributed by atoms with Gasteiger partial charge in [-0.25, -0.2) is 21.5 Å². The van der Waals surface area contributed by atoms with E-state index in [0.717, 1.165) is 44.1 Å². The summed E-state index contributed by atoms with van der Waals surface area (Å²) in [7, 11) is -3.10. The number of fused-ring (bicyclic) bond motifs is 1. The highest BCUT2D eigenvalue weighted by atomic mass is 32.2. The maximum Gasteiger partial charge on any atom is 0.217 e. The van der Waals surface area contributed by atoms with Crippen LogP contribution in [0.4, 0.5) is 8.78 Å². The van der Waals surface area contributed by atoms with Crippen LogP contribution < -0.4 is 5.73 Å². The second-order valence-electron chi connectivity index (χ2n) is 9.01. The van der Waals surface area contributed by atoms with E-state index in [2.05, 4.69) is 4.90 Å². The van der Waals surface area contributed by atoms with Crippen molar-refractivity contribution in [1.82, 2.24) is 9.21 Å². The summed E-state index contributed by atoms with van der Waals surface area (Å²) in [5.74, 6) is -0.313. The SMILES string of the molecule is NC1CC(N2CC3CN(S(=O)(=O)C4CC4)CC3C2)COC1c1cc(F)ccc1F. The topological polar surface area (TPSA) is 75.9 Å². The van der Waals surface area contributed by atoms with Gasteiger partial charge in [0.25, 0.3) is 0 Å². The second kappa shape index (κ2) is 7.23. The Bertz CT molecular complexity index is 881. The first-order chi connectivity index (χ1) is 13.8. The number of rotatable bonds is 4. The standard InChI is InChI=1S/C20H27F2N3O3S/c21-14-1-4-18(22)17(5-14)20-19(23)6-15(11-28-20)24-7-12-9-25(10-13(12)8-24)29(26,27)16-2-3-16/h1,4-5,12-13,15-16,19-20H,2-3,6-11,23H2. The Kier molecular flexibility index (Phi) is 4.94. The highest BCUT2D eigenvalue weighted by Crippen LogP contribution is 2.40. The zero-order valence-electron chi connectivity index (χ0n) is 16.2. The monoisotopic (exact) mass is 427 g/mol. The molecule has 1 aromatic rings. The smallest absolute Gasteiger partial charge is 0.217 e. The summed E-state index contributed by atoms with van der Waals surface area (Å²) < 4.78 is 60.2. The van der Waals surface area contributed by atoms with Crippen molar-refractivity contribution in [3.05, 3.63) is 35.4 Å². The number of halogens is 2. The molecule has 0 spiro atoms. The zero-order valence-corrected chi connectivity index (χ0v) is 17.0. The number of benzene rings is 1. The van der Waals surface area contributed by atoms with Crippen molar-refractivity contribution in [2.45, 2.75) is 42.7 Å². The highest BCUT2D eigenvalue weighted by Gasteiger charge is 2.49. The molecule has 0 aromatic heterocycles. The summed E-state index contributed by atoms with van der Waals surface area (Å²) >= 11 is 0. The molecule has 5 unspecified atom stereocenters. The van der Waals surface area contributed by atoms with Crippen LogP contribution in [-0.2, 0) is 14.8 Å². The van der Waals surface area contributed by atoms with E-state index in [4.69, 9.17) is 10.5 Å². The molecule has 160 valence electrons. The predicted molar refractivity (Wildman–Crippen MR) is 103 cm³/mol. The molecule has 2 N–H and O–H groups in total. The summed E-state index contributed by atoms with van der Waals surface area (Å²) in [5, 5.41) is -0.151. The summed E-state index contributed by atoms with van der Waals surface area (Å²) in [6, 6.07) is 3.06. The molecular weight excluding hydrogens is 400 g/mol. The minimum atomic E-state index is -3.10. The van der Waals surface area contributed by atoms with Crippen LogP contribution >= 0.6 is 0 Å². The van der Waals surface area contributed by atoms with E-state index < -0.39 is 33.8 Å². The molecule has 1 saturated carbocycles. The molecule has 0 radical (unpaired) electrons. The molecule has 3 aliphatic heterocycles. The van der Waals surface area contributed by atoms with E-state index >= 15 is 0 Å². The molecule has 4 aliphatic rings. The molecular formula is C20H27F2N3O3S. The van der Waals surface area contributed by atoms with Gasteiger partial charge in [0.2, 0.25) is 10.0 Å². The molecule has 1 aromatic carbocycles. The molecule has 4 fully saturated rings. The van der Waals surface area contributed by atoms with Gasteiger partial charge >= 0.3 is 0 Å². The number of nitrogens with two attached hydrogens (primary N) is 1. The Morgan fingerprint density at radius 2 is 1.76 bits per heavy atom. The average molecular weight is 428 g/mol. The van der Waals surface area contributed by atoms with Gasteiger partial charge in [-0.1, -0.05) is 0 Å². The van der Waals surface area contributed by atoms with Gasteiger partial charge in [0.05, 0.1) is 11.9 Å². The Balaban J connectivity index is 1.20. The summed E-state index contributed by atoms with van der Waals surface area (Å²) in [6.45, 7) is 3.30. The van der Waals surface area contributed by atoms with Gasteiger partial charge in [0.15, 0.2) is 0 Å². The Labute approximate surface area is 170 Å². The van der Waals surface area contributed by atoms with Crippen LogP contribution in [0.15, 0.2) is 18.2 Å². The summed E-state index contributed by atoms with van der Waals surface area (Å²) in [6.07, 6.45) is 1.59. The number of hydrogen-bond donors (Lipinski definition) is 1. The third kappa shape index (κ3) is 3.61. The first kappa shape index (κ1) is 19.8. The van der Waals surface area contributed by atoms with E-state index in [1.807, 2.05) is 0 Å². The highest BCUT2D eigenvalue weighted by molar-refractivity contribution is 7.90. The number of nitrogens with zero attached hydrogens (tertiary/aromatic N) is 2. The van der Waals surface area contributed by atoms with Crippen LogP contribution in [0, 0.1) is 23.5 Å². The number of likely N-dealkylation sites (tertiary alicyclic amines) is 1. The van der Waals surface area contributed by atoms with E-state index in [-0.39, 0.29) is 16.9 Å². The lowest BCUT2D eigenvalue weighted by Crippen LogP contribution is -2.49. The molecule has 9 heteroatoms. The number of sulfonamides is 1. The third-order valence-electron chi connectivity index (χ3n) is 6.97. The molecule has 0 amide bonds. The molecule has 6 nitrogen and oxygen atoms in total. The molecule has 0 bridgehead atoms. The minimum absolute atomic E-state index is 0.122. The molecule has 5 rings (SSSR count). The van der Waals surface area contributed by atoms with Crippen molar-refractivity contribution in [2.24, 2.45) is 17.6 Å². The predicted octanol–water partition coefficient (Wildman–Crippen LogP) is 1.48. The lowest BCUT2D eigenvalue weighted by atomic mass is 9.93. The first-order valence-corrected chi connectivity index (χ1v) is 11.9. The zero-order chi connectivity index (χ0) is 20.3. The van der Waals surface area contributed by atoms with Gasteiger partial charge in [0, 0.05) is 43.8 Å². The molecule has 3 heterocycles. The van der Waals surface area contributed by atoms with E-state index in [0.29, 0.717) is 38.0 Å². The maximum absolute atomic E-state index is 14.1. The van der Waals surface area contributed by atoms with Crippen LogP contribution in [0.25, 0.3) is 0 Å². The largest absolute Gasteiger partial charge is 0.370 e. The van der Waals surface area contributed by atoms with E-state index in [1.165, 1.54) is 0 Å². The minimum Gasteiger partial charge on any atom is -0.370 e. The van der Waals surface area contributed by atoms with Gasteiger partial charge in [-0.3, -0.25) is 4.90 Å². The molecule has 3 saturated heterocycles. The van der Waals surface area contributed by atoms with Crippen LogP contribution in [0.2, 0.25) is 0 Å². The van der Waals surface area contributed by atoms with Gasteiger partial charge in [-0.15, -0.1) is 0 Å². The lowest BCUT2D eigenvalue weighted by Gasteiger charge is -2.39. The van der Waals surface area contributed by atoms with Crippen molar-refractivity contribution in [3.63, 3.8) is 0 Å². The Hall–Kier alpha value is -1.13. The van der Waals surface area contributed by atoms with Crippen LogP contribution in [0.1, 0.15) is 30.9 Å². The normalized spacial score (nSPS) is 36.4. The Morgan fingerprint density at radius 3 is 2.38 bits per heavy atom. The van der Waals surface area contributed by atoms with Gasteiger partial charge in [0.1, 0.15) is 17.7 Å². The fraction of sp³-hybridized carbons (Fsp3) is 0.700. The lowest BCUT2D eigenvalue weighted by molar-refractivity contribution is -0.0485. The molecule has 5 atom stereocenters. The second-order valence-corrected chi connectivity index (χ2v) is 11.2. The molecule has 29 heavy (non-hydrogen) atoms. The van der Waals surface area contributed by atoms with Crippen molar-refractivity contribution in [3.8, 4) is 0 Å². The van der Waals surface area contributed by atoms with Gasteiger partial charge in [-0.05, 0) is 49.3 Å². The summed E-state index contributed by atoms with van der Waals surface area (Å²) in [5.41, 5.74) is 6.47. The van der Waals surface area contributed by atoms with Crippen molar-refractivity contribution in [1.29, 1.82) is 0 Å². The summed E-state index contributed by atoms with van der Waals surface area (Å²) in [4.78, 5) is 2.34. The van der Waals surface area contributed by atoms with E-state index in [9.17, 15) is 17.2 Å². The maximum atomic E-state index is 14.1. The number of ether oxygens (including phenoxy) is 1. The van der Waals surface area contributed by atoms with Crippen LogP contribution in [0.3, 0.4) is 0 Å². The van der Waals surface area contributed by atoms with Gasteiger partial charge < -0.3 is 10.5 Å². The fourth-order valence-corrected chi connectivity index (χ4v) is 7.17. The Morgan fingerprint density at radius 1 is 1.07 bits per heavy atom. The first-order valence-electron chi connectivity index (χ1n) is 10.4. The number of hydrogen-bond acceptors (Lipinski definition) is 5. The van der Waals surface area contributed by atoms with Crippen molar-refractivity contribution < 1.29 is 21.9 Å². The van der Waals surface area contributed by atoms with Crippen molar-refractivity contribution >= 4 is 10.0 Å². The van der Waals surface area contributed by atoms with Crippen LogP contribution in [0.5, 0.6) is 0 Å². The van der Waals surface area contributed by atoms with Crippen molar-refractivity contribution in [2.75, 3.05) is 32.8 Å². The van der Waals surface area contributed by atoms with Crippen LogP contribution in [-0.4, -0.2) is 67.7 Å². The fourth-order valence-electron chi connectivity index (χ4n) is 5.22. The quantitative estimate of drug-likeness (QED) is 0.788. The molecule has 1 aliphatic carbocycles. The van der Waals surface area contributed by atoms with Gasteiger partial charge in [-0.2, -0.15) is 0 Å². The van der Waals surface area contributed by atoms with E-state index in [1.54, 1.807) is 4.31 Å². The average Bonchev–Trinajstić information content (AvgIpc) is 3.35.